The van der Waals surface area contributed by atoms with Gasteiger partial charge in [-0.15, -0.1) is 0 Å². The minimum Gasteiger partial charge on any atom is -0.475 e. The van der Waals surface area contributed by atoms with Crippen molar-refractivity contribution in [3.05, 3.63) is 42.0 Å². The quantitative estimate of drug-likeness (QED) is 0.876. The van der Waals surface area contributed by atoms with Gasteiger partial charge in [-0.05, 0) is 26.3 Å². The van der Waals surface area contributed by atoms with Gasteiger partial charge >= 0.3 is 0 Å². The van der Waals surface area contributed by atoms with Crippen LogP contribution in [-0.4, -0.2) is 21.1 Å². The van der Waals surface area contributed by atoms with Crippen LogP contribution in [0.2, 0.25) is 0 Å². The van der Waals surface area contributed by atoms with Crippen LogP contribution in [0, 0.1) is 0 Å². The van der Waals surface area contributed by atoms with Gasteiger partial charge in [-0.1, -0.05) is 13.0 Å². The molecule has 0 amide bonds. The lowest BCUT2D eigenvalue weighted by Gasteiger charge is -2.13. The first kappa shape index (κ1) is 14.2. The second kappa shape index (κ2) is 6.84. The number of nitrogens with zero attached hydrogens (tertiary/aromatic N) is 3. The van der Waals surface area contributed by atoms with Crippen molar-refractivity contribution >= 4 is 5.82 Å². The summed E-state index contributed by atoms with van der Waals surface area (Å²) in [5.74, 6) is 1.48. The maximum Gasteiger partial charge on any atom is 0.218 e. The van der Waals surface area contributed by atoms with E-state index in [2.05, 4.69) is 27.2 Å². The van der Waals surface area contributed by atoms with Crippen molar-refractivity contribution in [1.82, 2.24) is 15.0 Å². The summed E-state index contributed by atoms with van der Waals surface area (Å²) in [5.41, 5.74) is 2.03. The highest BCUT2D eigenvalue weighted by Crippen LogP contribution is 2.17. The van der Waals surface area contributed by atoms with Crippen LogP contribution in [0.3, 0.4) is 0 Å². The molecule has 0 aliphatic heterocycles. The third-order valence-electron chi connectivity index (χ3n) is 2.74. The van der Waals surface area contributed by atoms with Gasteiger partial charge in [0.1, 0.15) is 12.1 Å². The molecule has 0 spiro atoms. The van der Waals surface area contributed by atoms with Crippen LogP contribution in [0.5, 0.6) is 5.88 Å². The summed E-state index contributed by atoms with van der Waals surface area (Å²) in [6.07, 6.45) is 4.32. The lowest BCUT2D eigenvalue weighted by molar-refractivity contribution is 0.230. The number of aryl methyl sites for hydroxylation is 1. The molecule has 5 heteroatoms. The van der Waals surface area contributed by atoms with Crippen LogP contribution in [0.1, 0.15) is 32.0 Å². The number of nitrogens with one attached hydrogen (secondary N) is 1. The minimum absolute atomic E-state index is 0.106. The molecular weight excluding hydrogens is 252 g/mol. The van der Waals surface area contributed by atoms with Gasteiger partial charge in [-0.2, -0.15) is 0 Å². The molecule has 0 unspecified atom stereocenters. The van der Waals surface area contributed by atoms with E-state index < -0.39 is 0 Å². The Morgan fingerprint density at radius 3 is 2.85 bits per heavy atom. The smallest absolute Gasteiger partial charge is 0.218 e. The zero-order chi connectivity index (χ0) is 14.4. The zero-order valence-electron chi connectivity index (χ0n) is 12.1. The van der Waals surface area contributed by atoms with Gasteiger partial charge in [0.05, 0.1) is 6.10 Å². The average molecular weight is 272 g/mol. The van der Waals surface area contributed by atoms with Gasteiger partial charge < -0.3 is 10.1 Å². The highest BCUT2D eigenvalue weighted by Gasteiger charge is 2.07. The SMILES string of the molecule is CCc1cc(NCc2cccnc2OC(C)C)ncn1. The standard InChI is InChI=1S/C15H20N4O/c1-4-13-8-14(19-10-18-13)17-9-12-6-5-7-16-15(12)20-11(2)3/h5-8,10-11H,4,9H2,1-3H3,(H,17,18,19). The molecule has 0 atom stereocenters. The Morgan fingerprint density at radius 2 is 2.10 bits per heavy atom. The third-order valence-corrected chi connectivity index (χ3v) is 2.74. The molecule has 2 rings (SSSR count). The van der Waals surface area contributed by atoms with Gasteiger partial charge in [-0.25, -0.2) is 15.0 Å². The molecule has 0 fully saturated rings. The van der Waals surface area contributed by atoms with Crippen molar-refractivity contribution in [1.29, 1.82) is 0 Å². The number of hydrogen-bond donors (Lipinski definition) is 1. The molecule has 2 aromatic rings. The Kier molecular flexibility index (Phi) is 4.87. The zero-order valence-corrected chi connectivity index (χ0v) is 12.1. The predicted molar refractivity (Wildman–Crippen MR) is 78.7 cm³/mol. The van der Waals surface area contributed by atoms with E-state index in [0.29, 0.717) is 12.4 Å². The van der Waals surface area contributed by atoms with Crippen molar-refractivity contribution in [3.8, 4) is 5.88 Å². The molecule has 0 aromatic carbocycles. The lowest BCUT2D eigenvalue weighted by atomic mass is 10.2. The van der Waals surface area contributed by atoms with Crippen molar-refractivity contribution in [2.75, 3.05) is 5.32 Å². The molecule has 0 bridgehead atoms. The second-order valence-electron chi connectivity index (χ2n) is 4.74. The van der Waals surface area contributed by atoms with E-state index in [1.807, 2.05) is 32.0 Å². The van der Waals surface area contributed by atoms with Crippen LogP contribution in [-0.2, 0) is 13.0 Å². The van der Waals surface area contributed by atoms with Crippen LogP contribution < -0.4 is 10.1 Å². The normalized spacial score (nSPS) is 10.6. The maximum absolute atomic E-state index is 5.69. The largest absolute Gasteiger partial charge is 0.475 e. The van der Waals surface area contributed by atoms with E-state index in [1.165, 1.54) is 0 Å². The molecule has 0 radical (unpaired) electrons. The van der Waals surface area contributed by atoms with Crippen molar-refractivity contribution < 1.29 is 4.74 Å². The Morgan fingerprint density at radius 1 is 1.25 bits per heavy atom. The van der Waals surface area contributed by atoms with Gasteiger partial charge in [-0.3, -0.25) is 0 Å². The van der Waals surface area contributed by atoms with E-state index >= 15 is 0 Å². The van der Waals surface area contributed by atoms with Crippen molar-refractivity contribution in [2.45, 2.75) is 39.8 Å². The van der Waals surface area contributed by atoms with Crippen molar-refractivity contribution in [3.63, 3.8) is 0 Å². The molecule has 5 nitrogen and oxygen atoms in total. The average Bonchev–Trinajstić information content (AvgIpc) is 2.46. The molecule has 106 valence electrons. The molecule has 0 aliphatic rings. The summed E-state index contributed by atoms with van der Waals surface area (Å²) in [4.78, 5) is 12.7. The fraction of sp³-hybridized carbons (Fsp3) is 0.400. The van der Waals surface area contributed by atoms with Gasteiger partial charge in [0, 0.05) is 30.1 Å². The molecule has 0 saturated carbocycles. The fourth-order valence-electron chi connectivity index (χ4n) is 1.76. The fourth-order valence-corrected chi connectivity index (χ4v) is 1.76. The van der Waals surface area contributed by atoms with E-state index in [1.54, 1.807) is 12.5 Å². The molecular formula is C15H20N4O. The summed E-state index contributed by atoms with van der Waals surface area (Å²) >= 11 is 0. The highest BCUT2D eigenvalue weighted by atomic mass is 16.5. The van der Waals surface area contributed by atoms with Gasteiger partial charge in [0.15, 0.2) is 0 Å². The summed E-state index contributed by atoms with van der Waals surface area (Å²) < 4.78 is 5.69. The molecule has 0 saturated heterocycles. The van der Waals surface area contributed by atoms with E-state index in [4.69, 9.17) is 4.74 Å². The summed E-state index contributed by atoms with van der Waals surface area (Å²) in [7, 11) is 0. The van der Waals surface area contributed by atoms with Crippen LogP contribution in [0.4, 0.5) is 5.82 Å². The Labute approximate surface area is 119 Å². The second-order valence-corrected chi connectivity index (χ2v) is 4.74. The third kappa shape index (κ3) is 3.91. The highest BCUT2D eigenvalue weighted by molar-refractivity contribution is 5.37. The number of hydrogen-bond acceptors (Lipinski definition) is 5. The molecule has 1 N–H and O–H groups in total. The van der Waals surface area contributed by atoms with Gasteiger partial charge in [0.2, 0.25) is 5.88 Å². The van der Waals surface area contributed by atoms with Crippen LogP contribution in [0.15, 0.2) is 30.7 Å². The van der Waals surface area contributed by atoms with Crippen LogP contribution >= 0.6 is 0 Å². The van der Waals surface area contributed by atoms with Gasteiger partial charge in [0.25, 0.3) is 0 Å². The maximum atomic E-state index is 5.69. The topological polar surface area (TPSA) is 59.9 Å². The minimum atomic E-state index is 0.106. The first-order valence-electron chi connectivity index (χ1n) is 6.84. The summed E-state index contributed by atoms with van der Waals surface area (Å²) in [6, 6.07) is 5.86. The summed E-state index contributed by atoms with van der Waals surface area (Å²) in [5, 5.41) is 3.28. The molecule has 20 heavy (non-hydrogen) atoms. The Hall–Kier alpha value is -2.17. The first-order chi connectivity index (χ1) is 9.69. The number of anilines is 1. The number of ether oxygens (including phenoxy) is 1. The molecule has 2 heterocycles. The number of rotatable bonds is 6. The Bertz CT molecular complexity index is 557. The van der Waals surface area contributed by atoms with E-state index in [9.17, 15) is 0 Å². The Balaban J connectivity index is 2.06. The lowest BCUT2D eigenvalue weighted by Crippen LogP contribution is -2.11. The molecule has 0 aliphatic carbocycles. The monoisotopic (exact) mass is 272 g/mol. The summed E-state index contributed by atoms with van der Waals surface area (Å²) in [6.45, 7) is 6.67. The van der Waals surface area contributed by atoms with Crippen molar-refractivity contribution in [2.24, 2.45) is 0 Å². The van der Waals surface area contributed by atoms with E-state index in [-0.39, 0.29) is 6.10 Å². The number of pyridine rings is 1. The first-order valence-corrected chi connectivity index (χ1v) is 6.84. The van der Waals surface area contributed by atoms with E-state index in [0.717, 1.165) is 23.5 Å². The predicted octanol–water partition coefficient (Wildman–Crippen LogP) is 2.83. The van der Waals surface area contributed by atoms with Crippen LogP contribution in [0.25, 0.3) is 0 Å². The number of aromatic nitrogens is 3. The molecule has 2 aromatic heterocycles.